The summed E-state index contributed by atoms with van der Waals surface area (Å²) in [5, 5.41) is 0.493. The molecule has 1 aliphatic rings. The van der Waals surface area contributed by atoms with Crippen LogP contribution in [0.3, 0.4) is 0 Å². The molecule has 1 amide bonds. The number of carbonyl (C=O) groups is 1. The number of nitrogens with zero attached hydrogens (tertiary/aromatic N) is 3. The van der Waals surface area contributed by atoms with E-state index in [1.54, 1.807) is 29.2 Å². The van der Waals surface area contributed by atoms with Crippen molar-refractivity contribution in [3.8, 4) is 11.4 Å². The lowest BCUT2D eigenvalue weighted by molar-refractivity contribution is 0.0651. The van der Waals surface area contributed by atoms with Gasteiger partial charge in [0.05, 0.1) is 5.39 Å². The predicted molar refractivity (Wildman–Crippen MR) is 119 cm³/mol. The summed E-state index contributed by atoms with van der Waals surface area (Å²) >= 11 is 0. The molecule has 0 aliphatic carbocycles. The van der Waals surface area contributed by atoms with E-state index in [4.69, 9.17) is 4.42 Å². The second-order valence-electron chi connectivity index (χ2n) is 7.98. The minimum Gasteiger partial charge on any atom is -0.451 e. The van der Waals surface area contributed by atoms with E-state index in [1.807, 2.05) is 30.6 Å². The van der Waals surface area contributed by atoms with Gasteiger partial charge in [0, 0.05) is 43.7 Å². The van der Waals surface area contributed by atoms with Gasteiger partial charge in [-0.1, -0.05) is 42.5 Å². The van der Waals surface area contributed by atoms with E-state index in [-0.39, 0.29) is 17.1 Å². The molecule has 156 valence electrons. The van der Waals surface area contributed by atoms with Gasteiger partial charge in [0.2, 0.25) is 0 Å². The van der Waals surface area contributed by atoms with E-state index in [0.29, 0.717) is 30.0 Å². The van der Waals surface area contributed by atoms with Crippen LogP contribution in [0.15, 0.2) is 82.3 Å². The third kappa shape index (κ3) is 3.89. The Morgan fingerprint density at radius 3 is 2.58 bits per heavy atom. The fourth-order valence-corrected chi connectivity index (χ4v) is 4.27. The van der Waals surface area contributed by atoms with Gasteiger partial charge in [-0.3, -0.25) is 9.59 Å². The van der Waals surface area contributed by atoms with Crippen LogP contribution in [0.1, 0.15) is 23.4 Å². The van der Waals surface area contributed by atoms with Crippen LogP contribution in [0.25, 0.3) is 22.4 Å². The average molecular weight is 413 g/mol. The first-order valence-corrected chi connectivity index (χ1v) is 10.6. The molecular weight excluding hydrogens is 390 g/mol. The van der Waals surface area contributed by atoms with Crippen LogP contribution in [0.5, 0.6) is 0 Å². The number of aromatic nitrogens is 2. The molecule has 2 aromatic heterocycles. The maximum Gasteiger partial charge on any atom is 0.289 e. The van der Waals surface area contributed by atoms with Gasteiger partial charge in [-0.2, -0.15) is 0 Å². The minimum atomic E-state index is -0.214. The summed E-state index contributed by atoms with van der Waals surface area (Å²) in [6.45, 7) is 2.17. The van der Waals surface area contributed by atoms with E-state index >= 15 is 0 Å². The highest BCUT2D eigenvalue weighted by molar-refractivity contribution is 5.93. The molecule has 0 atom stereocenters. The minimum absolute atomic E-state index is 0.114. The van der Waals surface area contributed by atoms with Gasteiger partial charge in [0.15, 0.2) is 11.2 Å². The zero-order chi connectivity index (χ0) is 21.2. The Kier molecular flexibility index (Phi) is 5.12. The summed E-state index contributed by atoms with van der Waals surface area (Å²) in [4.78, 5) is 31.6. The number of rotatable bonds is 4. The van der Waals surface area contributed by atoms with E-state index in [1.165, 1.54) is 6.07 Å². The second-order valence-corrected chi connectivity index (χ2v) is 7.98. The Balaban J connectivity index is 1.26. The normalized spacial score (nSPS) is 14.8. The average Bonchev–Trinajstić information content (AvgIpc) is 3.28. The van der Waals surface area contributed by atoms with Gasteiger partial charge in [-0.05, 0) is 30.9 Å². The van der Waals surface area contributed by atoms with E-state index in [0.717, 1.165) is 30.8 Å². The zero-order valence-electron chi connectivity index (χ0n) is 17.1. The van der Waals surface area contributed by atoms with Crippen molar-refractivity contribution in [3.63, 3.8) is 0 Å². The number of imidazole rings is 1. The Morgan fingerprint density at radius 2 is 1.77 bits per heavy atom. The third-order valence-corrected chi connectivity index (χ3v) is 5.95. The molecule has 0 radical (unpaired) electrons. The molecule has 2 aromatic carbocycles. The number of para-hydroxylation sites is 1. The lowest BCUT2D eigenvalue weighted by atomic mass is 9.96. The van der Waals surface area contributed by atoms with Crippen molar-refractivity contribution in [1.29, 1.82) is 0 Å². The molecule has 0 N–H and O–H groups in total. The fraction of sp³-hybridized carbons (Fsp3) is 0.240. The van der Waals surface area contributed by atoms with Crippen molar-refractivity contribution >= 4 is 16.9 Å². The topological polar surface area (TPSA) is 68.3 Å². The number of benzene rings is 2. The smallest absolute Gasteiger partial charge is 0.289 e. The monoisotopic (exact) mass is 413 g/mol. The number of hydrogen-bond donors (Lipinski definition) is 0. The van der Waals surface area contributed by atoms with Crippen LogP contribution in [-0.4, -0.2) is 33.4 Å². The maximum atomic E-state index is 12.9. The molecule has 1 saturated heterocycles. The molecule has 6 nitrogen and oxygen atoms in total. The Bertz CT molecular complexity index is 1270. The molecule has 1 aliphatic heterocycles. The van der Waals surface area contributed by atoms with Crippen LogP contribution in [0.4, 0.5) is 0 Å². The highest BCUT2D eigenvalue weighted by Gasteiger charge is 2.26. The maximum absolute atomic E-state index is 12.9. The first kappa shape index (κ1) is 19.3. The van der Waals surface area contributed by atoms with E-state index < -0.39 is 0 Å². The van der Waals surface area contributed by atoms with Crippen molar-refractivity contribution in [2.24, 2.45) is 5.92 Å². The lowest BCUT2D eigenvalue weighted by Crippen LogP contribution is -2.39. The second kappa shape index (κ2) is 8.22. The van der Waals surface area contributed by atoms with E-state index in [9.17, 15) is 9.59 Å². The van der Waals surface area contributed by atoms with Gasteiger partial charge >= 0.3 is 0 Å². The highest BCUT2D eigenvalue weighted by atomic mass is 16.3. The largest absolute Gasteiger partial charge is 0.451 e. The summed E-state index contributed by atoms with van der Waals surface area (Å²) in [6.07, 6.45) is 5.65. The van der Waals surface area contributed by atoms with Gasteiger partial charge in [-0.15, -0.1) is 0 Å². The van der Waals surface area contributed by atoms with Crippen LogP contribution < -0.4 is 5.43 Å². The zero-order valence-corrected chi connectivity index (χ0v) is 17.1. The standard InChI is InChI=1S/C25H23N3O3/c29-21-16-23(31-22-9-5-4-8-20(21)22)25(30)27-13-10-18(11-14-27)17-28-15-12-26-24(28)19-6-2-1-3-7-19/h1-9,12,15-16,18H,10-11,13-14,17H2. The molecule has 0 unspecified atom stereocenters. The SMILES string of the molecule is O=C(c1cc(=O)c2ccccc2o1)N1CCC(Cn2ccnc2-c2ccccc2)CC1. The predicted octanol–water partition coefficient (Wildman–Crippen LogP) is 4.21. The van der Waals surface area contributed by atoms with Gasteiger partial charge in [-0.25, -0.2) is 4.98 Å². The van der Waals surface area contributed by atoms with Gasteiger partial charge in [0.25, 0.3) is 5.91 Å². The lowest BCUT2D eigenvalue weighted by Gasteiger charge is -2.32. The molecule has 0 saturated carbocycles. The summed E-state index contributed by atoms with van der Waals surface area (Å²) in [6, 6.07) is 18.5. The van der Waals surface area contributed by atoms with Crippen molar-refractivity contribution in [2.45, 2.75) is 19.4 Å². The highest BCUT2D eigenvalue weighted by Crippen LogP contribution is 2.24. The molecule has 0 spiro atoms. The fourth-order valence-electron chi connectivity index (χ4n) is 4.27. The van der Waals surface area contributed by atoms with Crippen molar-refractivity contribution in [3.05, 3.63) is 89.0 Å². The number of fused-ring (bicyclic) bond motifs is 1. The molecular formula is C25H23N3O3. The van der Waals surface area contributed by atoms with Crippen molar-refractivity contribution < 1.29 is 9.21 Å². The molecule has 5 rings (SSSR count). The molecule has 3 heterocycles. The summed E-state index contributed by atoms with van der Waals surface area (Å²) in [5.74, 6) is 1.33. The Labute approximate surface area is 179 Å². The summed E-state index contributed by atoms with van der Waals surface area (Å²) in [5.41, 5.74) is 1.36. The number of carbonyl (C=O) groups excluding carboxylic acids is 1. The Hall–Kier alpha value is -3.67. The molecule has 1 fully saturated rings. The summed E-state index contributed by atoms with van der Waals surface area (Å²) in [7, 11) is 0. The third-order valence-electron chi connectivity index (χ3n) is 5.95. The molecule has 4 aromatic rings. The first-order valence-electron chi connectivity index (χ1n) is 10.6. The Morgan fingerprint density at radius 1 is 1.03 bits per heavy atom. The number of piperidine rings is 1. The van der Waals surface area contributed by atoms with Gasteiger partial charge in [0.1, 0.15) is 11.4 Å². The molecule has 0 bridgehead atoms. The number of likely N-dealkylation sites (tertiary alicyclic amines) is 1. The first-order chi connectivity index (χ1) is 15.2. The van der Waals surface area contributed by atoms with Crippen LogP contribution in [0, 0.1) is 5.92 Å². The number of hydrogen-bond acceptors (Lipinski definition) is 4. The van der Waals surface area contributed by atoms with Crippen LogP contribution in [0.2, 0.25) is 0 Å². The quantitative estimate of drug-likeness (QED) is 0.503. The van der Waals surface area contributed by atoms with Crippen molar-refractivity contribution in [2.75, 3.05) is 13.1 Å². The van der Waals surface area contributed by atoms with Crippen LogP contribution in [-0.2, 0) is 6.54 Å². The van der Waals surface area contributed by atoms with E-state index in [2.05, 4.69) is 21.7 Å². The molecule has 31 heavy (non-hydrogen) atoms. The van der Waals surface area contributed by atoms with Crippen molar-refractivity contribution in [1.82, 2.24) is 14.5 Å². The number of amides is 1. The van der Waals surface area contributed by atoms with Gasteiger partial charge < -0.3 is 13.9 Å². The van der Waals surface area contributed by atoms with Crippen LogP contribution >= 0.6 is 0 Å². The molecule has 6 heteroatoms. The summed E-state index contributed by atoms with van der Waals surface area (Å²) < 4.78 is 7.93.